The highest BCUT2D eigenvalue weighted by atomic mass is 32.1. The second-order valence-electron chi connectivity index (χ2n) is 7.00. The first-order valence-electron chi connectivity index (χ1n) is 9.91. The standard InChI is InChI=1S/C22H28N4O2S/c1-4-25(5-2)12-13-26-11-10-17-15-18(8-9-19(17)26)23-21(27)16-24(3)22(28)20-7-6-14-29-20/h6-11,14-15H,4-5,12-13,16H2,1-3H3,(H,23,27). The Morgan fingerprint density at radius 2 is 1.93 bits per heavy atom. The van der Waals surface area contributed by atoms with Crippen LogP contribution in [0.1, 0.15) is 23.5 Å². The molecule has 0 radical (unpaired) electrons. The molecule has 2 amide bonds. The van der Waals surface area contributed by atoms with Crippen LogP contribution < -0.4 is 5.32 Å². The highest BCUT2D eigenvalue weighted by Gasteiger charge is 2.16. The van der Waals surface area contributed by atoms with Gasteiger partial charge < -0.3 is 19.7 Å². The predicted octanol–water partition coefficient (Wildman–Crippen LogP) is 3.76. The van der Waals surface area contributed by atoms with Crippen LogP contribution >= 0.6 is 11.3 Å². The molecule has 2 aromatic heterocycles. The van der Waals surface area contributed by atoms with E-state index in [9.17, 15) is 9.59 Å². The summed E-state index contributed by atoms with van der Waals surface area (Å²) in [5.74, 6) is -0.353. The molecule has 0 fully saturated rings. The van der Waals surface area contributed by atoms with Crippen molar-refractivity contribution in [2.75, 3.05) is 38.5 Å². The molecule has 0 atom stereocenters. The Balaban J connectivity index is 1.60. The smallest absolute Gasteiger partial charge is 0.264 e. The van der Waals surface area contributed by atoms with Crippen LogP contribution in [0.3, 0.4) is 0 Å². The van der Waals surface area contributed by atoms with Crippen molar-refractivity contribution in [3.63, 3.8) is 0 Å². The molecule has 0 aliphatic heterocycles. The fourth-order valence-corrected chi connectivity index (χ4v) is 4.06. The van der Waals surface area contributed by atoms with Gasteiger partial charge in [-0.1, -0.05) is 19.9 Å². The minimum Gasteiger partial charge on any atom is -0.346 e. The monoisotopic (exact) mass is 412 g/mol. The van der Waals surface area contributed by atoms with Crippen molar-refractivity contribution in [2.45, 2.75) is 20.4 Å². The summed E-state index contributed by atoms with van der Waals surface area (Å²) in [7, 11) is 1.64. The molecule has 0 saturated heterocycles. The number of anilines is 1. The number of hydrogen-bond donors (Lipinski definition) is 1. The van der Waals surface area contributed by atoms with E-state index in [0.29, 0.717) is 4.88 Å². The molecule has 0 unspecified atom stereocenters. The Bertz CT molecular complexity index is 961. The second kappa shape index (κ2) is 9.71. The number of fused-ring (bicyclic) bond motifs is 1. The number of amides is 2. The number of carbonyl (C=O) groups is 2. The molecule has 0 aliphatic rings. The predicted molar refractivity (Wildman–Crippen MR) is 120 cm³/mol. The first-order valence-corrected chi connectivity index (χ1v) is 10.8. The van der Waals surface area contributed by atoms with Crippen LogP contribution in [0.2, 0.25) is 0 Å². The van der Waals surface area contributed by atoms with E-state index in [1.165, 1.54) is 16.2 Å². The molecule has 29 heavy (non-hydrogen) atoms. The number of nitrogens with one attached hydrogen (secondary N) is 1. The van der Waals surface area contributed by atoms with Gasteiger partial charge in [0.25, 0.3) is 5.91 Å². The maximum Gasteiger partial charge on any atom is 0.264 e. The average molecular weight is 413 g/mol. The van der Waals surface area contributed by atoms with Gasteiger partial charge in [-0.05, 0) is 48.8 Å². The molecular formula is C22H28N4O2S. The van der Waals surface area contributed by atoms with Gasteiger partial charge in [0.1, 0.15) is 0 Å². The maximum absolute atomic E-state index is 12.4. The Hall–Kier alpha value is -2.64. The molecule has 0 bridgehead atoms. The molecule has 1 aromatic carbocycles. The summed E-state index contributed by atoms with van der Waals surface area (Å²) < 4.78 is 2.24. The zero-order valence-electron chi connectivity index (χ0n) is 17.2. The lowest BCUT2D eigenvalue weighted by Crippen LogP contribution is -2.34. The van der Waals surface area contributed by atoms with Gasteiger partial charge in [0.2, 0.25) is 5.91 Å². The van der Waals surface area contributed by atoms with E-state index in [1.807, 2.05) is 29.6 Å². The molecular weight excluding hydrogens is 384 g/mol. The number of hydrogen-bond acceptors (Lipinski definition) is 4. The first kappa shape index (κ1) is 21.1. The lowest BCUT2D eigenvalue weighted by Gasteiger charge is -2.18. The van der Waals surface area contributed by atoms with Gasteiger partial charge in [0, 0.05) is 42.9 Å². The SMILES string of the molecule is CCN(CC)CCn1ccc2cc(NC(=O)CN(C)C(=O)c3cccs3)ccc21. The van der Waals surface area contributed by atoms with Crippen molar-refractivity contribution in [1.82, 2.24) is 14.4 Å². The molecule has 1 N–H and O–H groups in total. The summed E-state index contributed by atoms with van der Waals surface area (Å²) in [4.78, 5) is 29.1. The van der Waals surface area contributed by atoms with Crippen molar-refractivity contribution < 1.29 is 9.59 Å². The third-order valence-corrected chi connectivity index (χ3v) is 5.92. The molecule has 0 aliphatic carbocycles. The number of rotatable bonds is 9. The van der Waals surface area contributed by atoms with Crippen molar-refractivity contribution >= 4 is 39.7 Å². The van der Waals surface area contributed by atoms with E-state index < -0.39 is 0 Å². The minimum absolute atomic E-state index is 0.0135. The maximum atomic E-state index is 12.4. The minimum atomic E-state index is -0.210. The lowest BCUT2D eigenvalue weighted by molar-refractivity contribution is -0.116. The third kappa shape index (κ3) is 5.25. The Morgan fingerprint density at radius 3 is 2.62 bits per heavy atom. The summed E-state index contributed by atoms with van der Waals surface area (Å²) in [6, 6.07) is 11.6. The van der Waals surface area contributed by atoms with E-state index >= 15 is 0 Å². The molecule has 2 heterocycles. The number of carbonyl (C=O) groups excluding carboxylic acids is 2. The van der Waals surface area contributed by atoms with Gasteiger partial charge in [-0.3, -0.25) is 9.59 Å². The topological polar surface area (TPSA) is 57.6 Å². The lowest BCUT2D eigenvalue weighted by atomic mass is 10.2. The van der Waals surface area contributed by atoms with Gasteiger partial charge >= 0.3 is 0 Å². The van der Waals surface area contributed by atoms with Crippen LogP contribution in [0.5, 0.6) is 0 Å². The zero-order chi connectivity index (χ0) is 20.8. The fraction of sp³-hybridized carbons (Fsp3) is 0.364. The van der Waals surface area contributed by atoms with E-state index in [2.05, 4.69) is 40.9 Å². The molecule has 3 rings (SSSR count). The highest BCUT2D eigenvalue weighted by Crippen LogP contribution is 2.21. The van der Waals surface area contributed by atoms with Crippen LogP contribution in [0.25, 0.3) is 10.9 Å². The number of likely N-dealkylation sites (N-methyl/N-ethyl adjacent to an activating group) is 2. The summed E-state index contributed by atoms with van der Waals surface area (Å²) in [6.45, 7) is 8.42. The quantitative estimate of drug-likeness (QED) is 0.582. The van der Waals surface area contributed by atoms with Crippen LogP contribution in [0, 0.1) is 0 Å². The molecule has 0 spiro atoms. The number of aromatic nitrogens is 1. The van der Waals surface area contributed by atoms with Crippen molar-refractivity contribution in [3.8, 4) is 0 Å². The van der Waals surface area contributed by atoms with E-state index in [4.69, 9.17) is 0 Å². The Morgan fingerprint density at radius 1 is 1.14 bits per heavy atom. The second-order valence-corrected chi connectivity index (χ2v) is 7.94. The summed E-state index contributed by atoms with van der Waals surface area (Å²) in [5.41, 5.74) is 1.89. The van der Waals surface area contributed by atoms with Crippen molar-refractivity contribution in [3.05, 3.63) is 52.9 Å². The summed E-state index contributed by atoms with van der Waals surface area (Å²) in [6.07, 6.45) is 2.09. The first-order chi connectivity index (χ1) is 14.0. The summed E-state index contributed by atoms with van der Waals surface area (Å²) >= 11 is 1.37. The van der Waals surface area contributed by atoms with Crippen molar-refractivity contribution in [2.24, 2.45) is 0 Å². The number of thiophene rings is 1. The fourth-order valence-electron chi connectivity index (χ4n) is 3.34. The van der Waals surface area contributed by atoms with E-state index in [1.54, 1.807) is 13.1 Å². The molecule has 6 nitrogen and oxygen atoms in total. The number of benzene rings is 1. The van der Waals surface area contributed by atoms with E-state index in [-0.39, 0.29) is 18.4 Å². The van der Waals surface area contributed by atoms with Gasteiger partial charge in [0.05, 0.1) is 11.4 Å². The van der Waals surface area contributed by atoms with E-state index in [0.717, 1.165) is 42.8 Å². The van der Waals surface area contributed by atoms with Crippen molar-refractivity contribution in [1.29, 1.82) is 0 Å². The molecule has 154 valence electrons. The van der Waals surface area contributed by atoms with Crippen LogP contribution in [0.15, 0.2) is 48.0 Å². The Kier molecular flexibility index (Phi) is 7.06. The third-order valence-electron chi connectivity index (χ3n) is 5.07. The van der Waals surface area contributed by atoms with Gasteiger partial charge in [-0.2, -0.15) is 0 Å². The van der Waals surface area contributed by atoms with Gasteiger partial charge in [-0.25, -0.2) is 0 Å². The zero-order valence-corrected chi connectivity index (χ0v) is 18.0. The molecule has 0 saturated carbocycles. The highest BCUT2D eigenvalue weighted by molar-refractivity contribution is 7.12. The normalized spacial score (nSPS) is 11.2. The molecule has 7 heteroatoms. The van der Waals surface area contributed by atoms with Gasteiger partial charge in [-0.15, -0.1) is 11.3 Å². The van der Waals surface area contributed by atoms with Crippen LogP contribution in [-0.2, 0) is 11.3 Å². The largest absolute Gasteiger partial charge is 0.346 e. The van der Waals surface area contributed by atoms with Crippen LogP contribution in [0.4, 0.5) is 5.69 Å². The number of nitrogens with zero attached hydrogens (tertiary/aromatic N) is 3. The molecule has 3 aromatic rings. The average Bonchev–Trinajstić information content (AvgIpc) is 3.38. The summed E-state index contributed by atoms with van der Waals surface area (Å²) in [5, 5.41) is 5.84. The van der Waals surface area contributed by atoms with Crippen LogP contribution in [-0.4, -0.2) is 59.4 Å². The Labute approximate surface area is 175 Å². The van der Waals surface area contributed by atoms with Gasteiger partial charge in [0.15, 0.2) is 0 Å².